The van der Waals surface area contributed by atoms with Crippen LogP contribution in [0.15, 0.2) is 36.5 Å². The number of carbonyl (C=O) groups is 1. The SMILES string of the molecule is COC(=O)c1ccc(OC2CCCN(c3c4c(nc5ccnn35)CCNCC4)C2)cc1. The van der Waals surface area contributed by atoms with E-state index >= 15 is 0 Å². The molecule has 8 heteroatoms. The summed E-state index contributed by atoms with van der Waals surface area (Å²) < 4.78 is 13.0. The molecule has 0 saturated carbocycles. The largest absolute Gasteiger partial charge is 0.489 e. The predicted molar refractivity (Wildman–Crippen MR) is 117 cm³/mol. The number of nitrogens with one attached hydrogen (secondary N) is 1. The molecule has 31 heavy (non-hydrogen) atoms. The van der Waals surface area contributed by atoms with Gasteiger partial charge in [-0.05, 0) is 50.1 Å². The van der Waals surface area contributed by atoms with E-state index in [1.165, 1.54) is 18.4 Å². The minimum absolute atomic E-state index is 0.0658. The van der Waals surface area contributed by atoms with Gasteiger partial charge in [0.05, 0.1) is 31.1 Å². The molecule has 5 rings (SSSR count). The first-order valence-electron chi connectivity index (χ1n) is 10.9. The number of aromatic nitrogens is 3. The van der Waals surface area contributed by atoms with Crippen LogP contribution in [0.4, 0.5) is 5.82 Å². The van der Waals surface area contributed by atoms with E-state index in [0.29, 0.717) is 5.56 Å². The molecule has 2 aliphatic heterocycles. The lowest BCUT2D eigenvalue weighted by atomic mass is 10.0. The quantitative estimate of drug-likeness (QED) is 0.647. The molecule has 162 valence electrons. The van der Waals surface area contributed by atoms with Crippen molar-refractivity contribution in [2.45, 2.75) is 31.8 Å². The second-order valence-corrected chi connectivity index (χ2v) is 8.06. The summed E-state index contributed by atoms with van der Waals surface area (Å²) in [5.74, 6) is 1.58. The van der Waals surface area contributed by atoms with Crippen LogP contribution in [0.5, 0.6) is 5.75 Å². The van der Waals surface area contributed by atoms with Gasteiger partial charge in [-0.15, -0.1) is 0 Å². The van der Waals surface area contributed by atoms with Gasteiger partial charge in [0.1, 0.15) is 17.7 Å². The Bertz CT molecular complexity index is 1080. The number of nitrogens with zero attached hydrogens (tertiary/aromatic N) is 4. The second-order valence-electron chi connectivity index (χ2n) is 8.06. The van der Waals surface area contributed by atoms with Gasteiger partial charge in [0.15, 0.2) is 5.65 Å². The topological polar surface area (TPSA) is 81.0 Å². The summed E-state index contributed by atoms with van der Waals surface area (Å²) in [5, 5.41) is 8.07. The number of carbonyl (C=O) groups excluding carboxylic acids is 1. The van der Waals surface area contributed by atoms with Gasteiger partial charge in [0.25, 0.3) is 0 Å². The zero-order valence-electron chi connectivity index (χ0n) is 17.7. The van der Waals surface area contributed by atoms with Crippen molar-refractivity contribution in [1.29, 1.82) is 0 Å². The van der Waals surface area contributed by atoms with Crippen LogP contribution in [0, 0.1) is 0 Å². The zero-order valence-corrected chi connectivity index (χ0v) is 17.7. The minimum Gasteiger partial charge on any atom is -0.489 e. The molecule has 1 N–H and O–H groups in total. The molecular weight excluding hydrogens is 394 g/mol. The summed E-state index contributed by atoms with van der Waals surface area (Å²) >= 11 is 0. The Hall–Kier alpha value is -3.13. The van der Waals surface area contributed by atoms with Crippen molar-refractivity contribution in [1.82, 2.24) is 19.9 Å². The molecule has 1 aromatic carbocycles. The van der Waals surface area contributed by atoms with Crippen LogP contribution in [0.2, 0.25) is 0 Å². The predicted octanol–water partition coefficient (Wildman–Crippen LogP) is 2.25. The highest BCUT2D eigenvalue weighted by Gasteiger charge is 2.27. The van der Waals surface area contributed by atoms with Gasteiger partial charge in [0.2, 0.25) is 0 Å². The highest BCUT2D eigenvalue weighted by Crippen LogP contribution is 2.29. The maximum atomic E-state index is 11.7. The number of fused-ring (bicyclic) bond motifs is 2. The van der Waals surface area contributed by atoms with E-state index in [-0.39, 0.29) is 12.1 Å². The molecule has 0 spiro atoms. The van der Waals surface area contributed by atoms with Gasteiger partial charge in [0, 0.05) is 31.1 Å². The first kappa shape index (κ1) is 19.8. The summed E-state index contributed by atoms with van der Waals surface area (Å²) in [6, 6.07) is 9.13. The van der Waals surface area contributed by atoms with E-state index in [4.69, 9.17) is 14.5 Å². The van der Waals surface area contributed by atoms with E-state index in [1.807, 2.05) is 28.9 Å². The maximum Gasteiger partial charge on any atom is 0.337 e. The first-order chi connectivity index (χ1) is 15.2. The number of ether oxygens (including phenoxy) is 2. The van der Waals surface area contributed by atoms with Crippen molar-refractivity contribution in [2.75, 3.05) is 38.2 Å². The van der Waals surface area contributed by atoms with Gasteiger partial charge >= 0.3 is 5.97 Å². The van der Waals surface area contributed by atoms with E-state index in [0.717, 1.165) is 69.1 Å². The van der Waals surface area contributed by atoms with Crippen molar-refractivity contribution in [3.63, 3.8) is 0 Å². The number of hydrogen-bond acceptors (Lipinski definition) is 7. The number of benzene rings is 1. The normalized spacial score (nSPS) is 19.0. The summed E-state index contributed by atoms with van der Waals surface area (Å²) in [6.45, 7) is 3.67. The Morgan fingerprint density at radius 1 is 1.16 bits per heavy atom. The van der Waals surface area contributed by atoms with E-state index in [2.05, 4.69) is 15.3 Å². The zero-order chi connectivity index (χ0) is 21.2. The summed E-state index contributed by atoms with van der Waals surface area (Å²) in [5.41, 5.74) is 3.89. The fraction of sp³-hybridized carbons (Fsp3) is 0.435. The number of piperidine rings is 1. The molecule has 4 heterocycles. The van der Waals surface area contributed by atoms with Gasteiger partial charge in [-0.1, -0.05) is 0 Å². The second kappa shape index (κ2) is 8.55. The smallest absolute Gasteiger partial charge is 0.337 e. The number of anilines is 1. The van der Waals surface area contributed by atoms with E-state index in [1.54, 1.807) is 12.1 Å². The average molecular weight is 422 g/mol. The molecule has 8 nitrogen and oxygen atoms in total. The highest BCUT2D eigenvalue weighted by atomic mass is 16.5. The van der Waals surface area contributed by atoms with Crippen molar-refractivity contribution < 1.29 is 14.3 Å². The Labute approximate surface area is 181 Å². The first-order valence-corrected chi connectivity index (χ1v) is 10.9. The minimum atomic E-state index is -0.341. The fourth-order valence-electron chi connectivity index (χ4n) is 4.55. The number of rotatable bonds is 4. The van der Waals surface area contributed by atoms with Crippen molar-refractivity contribution in [3.05, 3.63) is 53.3 Å². The molecule has 1 atom stereocenters. The van der Waals surface area contributed by atoms with Gasteiger partial charge in [-0.25, -0.2) is 9.78 Å². The highest BCUT2D eigenvalue weighted by molar-refractivity contribution is 5.89. The molecule has 1 fully saturated rings. The Morgan fingerprint density at radius 3 is 2.84 bits per heavy atom. The van der Waals surface area contributed by atoms with Crippen LogP contribution in [0.25, 0.3) is 5.65 Å². The number of esters is 1. The van der Waals surface area contributed by atoms with E-state index in [9.17, 15) is 4.79 Å². The lowest BCUT2D eigenvalue weighted by Gasteiger charge is -2.35. The van der Waals surface area contributed by atoms with Crippen LogP contribution in [0.1, 0.15) is 34.5 Å². The molecule has 2 aromatic heterocycles. The monoisotopic (exact) mass is 421 g/mol. The van der Waals surface area contributed by atoms with Crippen LogP contribution >= 0.6 is 0 Å². The van der Waals surface area contributed by atoms with Gasteiger partial charge in [-0.2, -0.15) is 9.61 Å². The van der Waals surface area contributed by atoms with Crippen LogP contribution in [-0.4, -0.2) is 60.0 Å². The molecular formula is C23H27N5O3. The summed E-state index contributed by atoms with van der Waals surface area (Å²) in [6.07, 6.45) is 5.81. The van der Waals surface area contributed by atoms with Crippen LogP contribution in [0.3, 0.4) is 0 Å². The van der Waals surface area contributed by atoms with Gasteiger partial charge < -0.3 is 19.7 Å². The fourth-order valence-corrected chi connectivity index (χ4v) is 4.55. The molecule has 1 unspecified atom stereocenters. The van der Waals surface area contributed by atoms with Crippen LogP contribution < -0.4 is 15.0 Å². The summed E-state index contributed by atoms with van der Waals surface area (Å²) in [4.78, 5) is 18.9. The van der Waals surface area contributed by atoms with E-state index < -0.39 is 0 Å². The molecule has 0 aliphatic carbocycles. The Kier molecular flexibility index (Phi) is 5.46. The third kappa shape index (κ3) is 3.95. The molecule has 0 amide bonds. The lowest BCUT2D eigenvalue weighted by molar-refractivity contribution is 0.0600. The Balaban J connectivity index is 1.39. The van der Waals surface area contributed by atoms with Crippen molar-refractivity contribution in [3.8, 4) is 5.75 Å². The standard InChI is InChI=1S/C23H27N5O3/c1-30-23(29)16-4-6-17(7-5-16)31-18-3-2-14-27(15-18)22-19-8-11-24-12-9-20(19)26-21-10-13-25-28(21)22/h4-7,10,13,18,24H,2-3,8-9,11-12,14-15H2,1H3. The maximum absolute atomic E-state index is 11.7. The third-order valence-corrected chi connectivity index (χ3v) is 6.04. The van der Waals surface area contributed by atoms with Crippen molar-refractivity contribution in [2.24, 2.45) is 0 Å². The van der Waals surface area contributed by atoms with Crippen molar-refractivity contribution >= 4 is 17.4 Å². The third-order valence-electron chi connectivity index (χ3n) is 6.04. The molecule has 3 aromatic rings. The molecule has 1 saturated heterocycles. The average Bonchev–Trinajstić information content (AvgIpc) is 3.14. The molecule has 2 aliphatic rings. The summed E-state index contributed by atoms with van der Waals surface area (Å²) in [7, 11) is 1.38. The lowest BCUT2D eigenvalue weighted by Crippen LogP contribution is -2.42. The number of methoxy groups -OCH3 is 1. The molecule has 0 radical (unpaired) electrons. The Morgan fingerprint density at radius 2 is 2.00 bits per heavy atom. The van der Waals surface area contributed by atoms with Crippen LogP contribution in [-0.2, 0) is 17.6 Å². The number of hydrogen-bond donors (Lipinski definition) is 1. The molecule has 0 bridgehead atoms. The van der Waals surface area contributed by atoms with Gasteiger partial charge in [-0.3, -0.25) is 0 Å².